The molecule has 2 saturated heterocycles. The van der Waals surface area contributed by atoms with Crippen molar-refractivity contribution in [2.24, 2.45) is 5.92 Å². The lowest BCUT2D eigenvalue weighted by Gasteiger charge is -2.19. The third-order valence-electron chi connectivity index (χ3n) is 5.49. The zero-order valence-electron chi connectivity index (χ0n) is 16.7. The summed E-state index contributed by atoms with van der Waals surface area (Å²) in [5.41, 5.74) is 1.38. The summed E-state index contributed by atoms with van der Waals surface area (Å²) in [4.78, 5) is 31.1. The molecular formula is C21H24N4O4S. The van der Waals surface area contributed by atoms with Crippen molar-refractivity contribution >= 4 is 33.3 Å². The Morgan fingerprint density at radius 2 is 1.80 bits per heavy atom. The summed E-state index contributed by atoms with van der Waals surface area (Å²) in [6, 6.07) is 11.7. The van der Waals surface area contributed by atoms with Crippen molar-refractivity contribution in [3.63, 3.8) is 0 Å². The average Bonchev–Trinajstić information content (AvgIpc) is 3.38. The van der Waals surface area contributed by atoms with Crippen LogP contribution >= 0.6 is 0 Å². The van der Waals surface area contributed by atoms with Crippen molar-refractivity contribution in [1.29, 1.82) is 0 Å². The van der Waals surface area contributed by atoms with E-state index in [4.69, 9.17) is 0 Å². The van der Waals surface area contributed by atoms with Gasteiger partial charge in [0, 0.05) is 37.4 Å². The first kappa shape index (κ1) is 20.5. The normalized spacial score (nSPS) is 20.0. The van der Waals surface area contributed by atoms with E-state index in [2.05, 4.69) is 10.3 Å². The number of nitrogens with zero attached hydrogens (tertiary/aromatic N) is 3. The Morgan fingerprint density at radius 1 is 1.10 bits per heavy atom. The van der Waals surface area contributed by atoms with Crippen molar-refractivity contribution in [2.45, 2.75) is 31.1 Å². The topological polar surface area (TPSA) is 99.7 Å². The van der Waals surface area contributed by atoms with E-state index < -0.39 is 15.9 Å². The molecule has 1 aromatic heterocycles. The molecule has 2 amide bonds. The Kier molecular flexibility index (Phi) is 5.57. The number of sulfonamides is 1. The molecular weight excluding hydrogens is 404 g/mol. The van der Waals surface area contributed by atoms with Gasteiger partial charge in [-0.1, -0.05) is 6.07 Å². The molecule has 9 heteroatoms. The number of hydrogen-bond donors (Lipinski definition) is 1. The van der Waals surface area contributed by atoms with Crippen LogP contribution in [0.15, 0.2) is 47.4 Å². The molecule has 1 atom stereocenters. The molecule has 1 aromatic carbocycles. The number of rotatable bonds is 5. The number of aromatic nitrogens is 1. The first-order valence-electron chi connectivity index (χ1n) is 10.00. The molecule has 0 spiro atoms. The summed E-state index contributed by atoms with van der Waals surface area (Å²) < 4.78 is 26.8. The summed E-state index contributed by atoms with van der Waals surface area (Å²) in [6.45, 7) is 3.17. The van der Waals surface area contributed by atoms with Crippen LogP contribution in [-0.2, 0) is 19.6 Å². The van der Waals surface area contributed by atoms with E-state index >= 15 is 0 Å². The lowest BCUT2D eigenvalue weighted by Crippen LogP contribution is -2.29. The van der Waals surface area contributed by atoms with Gasteiger partial charge in [0.1, 0.15) is 5.82 Å². The maximum Gasteiger partial charge on any atom is 0.243 e. The van der Waals surface area contributed by atoms with Gasteiger partial charge in [-0.25, -0.2) is 13.4 Å². The summed E-state index contributed by atoms with van der Waals surface area (Å²) in [5.74, 6) is -0.449. The highest BCUT2D eigenvalue weighted by Gasteiger charge is 2.35. The van der Waals surface area contributed by atoms with Crippen LogP contribution in [0.4, 0.5) is 11.5 Å². The molecule has 3 heterocycles. The average molecular weight is 429 g/mol. The van der Waals surface area contributed by atoms with Crippen LogP contribution in [0.25, 0.3) is 0 Å². The molecule has 4 rings (SSSR count). The first-order valence-corrected chi connectivity index (χ1v) is 11.4. The Bertz CT molecular complexity index is 1060. The molecule has 158 valence electrons. The number of pyridine rings is 1. The lowest BCUT2D eigenvalue weighted by atomic mass is 10.1. The zero-order valence-corrected chi connectivity index (χ0v) is 17.6. The van der Waals surface area contributed by atoms with E-state index in [1.165, 1.54) is 21.3 Å². The fourth-order valence-corrected chi connectivity index (χ4v) is 5.37. The van der Waals surface area contributed by atoms with Crippen LogP contribution in [0.3, 0.4) is 0 Å². The molecule has 8 nitrogen and oxygen atoms in total. The standard InChI is InChI=1S/C21H24N4O4S/c1-15-5-4-6-19(22-15)23-21(27)16-13-20(26)25(14-16)17-7-9-18(10-8-17)30(28,29)24-11-2-3-12-24/h4-10,16H,2-3,11-14H2,1H3,(H,22,23,27). The van der Waals surface area contributed by atoms with Gasteiger partial charge in [-0.3, -0.25) is 9.59 Å². The second kappa shape index (κ2) is 8.16. The van der Waals surface area contributed by atoms with Gasteiger partial charge in [-0.2, -0.15) is 4.31 Å². The zero-order chi connectivity index (χ0) is 21.3. The van der Waals surface area contributed by atoms with Crippen molar-refractivity contribution in [3.05, 3.63) is 48.2 Å². The minimum absolute atomic E-state index is 0.103. The molecule has 0 saturated carbocycles. The lowest BCUT2D eigenvalue weighted by molar-refractivity contribution is -0.122. The van der Waals surface area contributed by atoms with Gasteiger partial charge < -0.3 is 10.2 Å². The third-order valence-corrected chi connectivity index (χ3v) is 7.40. The maximum absolute atomic E-state index is 12.7. The summed E-state index contributed by atoms with van der Waals surface area (Å²) >= 11 is 0. The SMILES string of the molecule is Cc1cccc(NC(=O)C2CC(=O)N(c3ccc(S(=O)(=O)N4CCCC4)cc3)C2)n1. The van der Waals surface area contributed by atoms with Gasteiger partial charge >= 0.3 is 0 Å². The van der Waals surface area contributed by atoms with Crippen LogP contribution < -0.4 is 10.2 Å². The first-order chi connectivity index (χ1) is 14.3. The Labute approximate surface area is 175 Å². The smallest absolute Gasteiger partial charge is 0.243 e. The molecule has 2 aromatic rings. The predicted octanol–water partition coefficient (Wildman–Crippen LogP) is 2.17. The summed E-state index contributed by atoms with van der Waals surface area (Å²) in [7, 11) is -3.50. The molecule has 1 N–H and O–H groups in total. The van der Waals surface area contributed by atoms with Gasteiger partial charge in [0.2, 0.25) is 21.8 Å². The largest absolute Gasteiger partial charge is 0.312 e. The molecule has 0 aliphatic carbocycles. The third kappa shape index (κ3) is 4.08. The number of benzene rings is 1. The molecule has 2 aliphatic heterocycles. The van der Waals surface area contributed by atoms with Crippen LogP contribution in [0.2, 0.25) is 0 Å². The maximum atomic E-state index is 12.7. The molecule has 0 radical (unpaired) electrons. The highest BCUT2D eigenvalue weighted by atomic mass is 32.2. The fourth-order valence-electron chi connectivity index (χ4n) is 3.85. The predicted molar refractivity (Wildman–Crippen MR) is 112 cm³/mol. The Hall–Kier alpha value is -2.78. The second-order valence-electron chi connectivity index (χ2n) is 7.66. The summed E-state index contributed by atoms with van der Waals surface area (Å²) in [5, 5.41) is 2.76. The van der Waals surface area contributed by atoms with Crippen molar-refractivity contribution in [1.82, 2.24) is 9.29 Å². The highest BCUT2D eigenvalue weighted by molar-refractivity contribution is 7.89. The van der Waals surface area contributed by atoms with Gasteiger partial charge in [-0.05, 0) is 56.2 Å². The number of nitrogens with one attached hydrogen (secondary N) is 1. The number of carbonyl (C=O) groups excluding carboxylic acids is 2. The van der Waals surface area contributed by atoms with Crippen LogP contribution in [0.5, 0.6) is 0 Å². The molecule has 30 heavy (non-hydrogen) atoms. The Balaban J connectivity index is 1.44. The van der Waals surface area contributed by atoms with E-state index in [0.29, 0.717) is 24.6 Å². The molecule has 1 unspecified atom stereocenters. The van der Waals surface area contributed by atoms with E-state index in [1.54, 1.807) is 18.2 Å². The number of hydrogen-bond acceptors (Lipinski definition) is 5. The van der Waals surface area contributed by atoms with Gasteiger partial charge in [0.05, 0.1) is 10.8 Å². The van der Waals surface area contributed by atoms with E-state index in [9.17, 15) is 18.0 Å². The van der Waals surface area contributed by atoms with Crippen molar-refractivity contribution < 1.29 is 18.0 Å². The van der Waals surface area contributed by atoms with Gasteiger partial charge in [0.25, 0.3) is 0 Å². The Morgan fingerprint density at radius 3 is 2.47 bits per heavy atom. The van der Waals surface area contributed by atoms with E-state index in [1.807, 2.05) is 19.1 Å². The number of aryl methyl sites for hydroxylation is 1. The number of amides is 2. The number of anilines is 2. The molecule has 0 bridgehead atoms. The molecule has 2 aliphatic rings. The fraction of sp³-hybridized carbons (Fsp3) is 0.381. The molecule has 2 fully saturated rings. The van der Waals surface area contributed by atoms with Crippen LogP contribution in [0.1, 0.15) is 25.0 Å². The second-order valence-corrected chi connectivity index (χ2v) is 9.60. The minimum Gasteiger partial charge on any atom is -0.312 e. The van der Waals surface area contributed by atoms with Gasteiger partial charge in [-0.15, -0.1) is 0 Å². The van der Waals surface area contributed by atoms with E-state index in [-0.39, 0.29) is 29.7 Å². The summed E-state index contributed by atoms with van der Waals surface area (Å²) in [6.07, 6.45) is 1.85. The quantitative estimate of drug-likeness (QED) is 0.787. The minimum atomic E-state index is -3.50. The van der Waals surface area contributed by atoms with E-state index in [0.717, 1.165) is 18.5 Å². The van der Waals surface area contributed by atoms with Crippen LogP contribution in [-0.4, -0.2) is 49.2 Å². The van der Waals surface area contributed by atoms with Crippen LogP contribution in [0, 0.1) is 12.8 Å². The highest BCUT2D eigenvalue weighted by Crippen LogP contribution is 2.28. The number of carbonyl (C=O) groups is 2. The van der Waals surface area contributed by atoms with Gasteiger partial charge in [0.15, 0.2) is 0 Å². The monoisotopic (exact) mass is 428 g/mol. The van der Waals surface area contributed by atoms with Crippen molar-refractivity contribution in [2.75, 3.05) is 29.9 Å². The van der Waals surface area contributed by atoms with Crippen molar-refractivity contribution in [3.8, 4) is 0 Å².